The van der Waals surface area contributed by atoms with Crippen LogP contribution in [0.15, 0.2) is 21.9 Å². The molecule has 0 aliphatic heterocycles. The number of nitrogens with zero attached hydrogens (tertiary/aromatic N) is 1. The summed E-state index contributed by atoms with van der Waals surface area (Å²) in [4.78, 5) is 33.2. The van der Waals surface area contributed by atoms with Crippen LogP contribution in [0.1, 0.15) is 0 Å². The van der Waals surface area contributed by atoms with Crippen molar-refractivity contribution in [2.45, 2.75) is 6.54 Å². The topological polar surface area (TPSA) is 95.0 Å². The van der Waals surface area contributed by atoms with Gasteiger partial charge >= 0.3 is 5.69 Å². The summed E-state index contributed by atoms with van der Waals surface area (Å²) in [5.74, 6) is -1.39. The molecule has 0 bridgehead atoms. The molecule has 1 heterocycles. The van der Waals surface area contributed by atoms with Crippen molar-refractivity contribution in [2.24, 2.45) is 0 Å². The SMILES string of the molecule is O=C([O-])Cn1ccc(=O)[nH]c1=O. The van der Waals surface area contributed by atoms with Gasteiger partial charge in [0.2, 0.25) is 0 Å². The van der Waals surface area contributed by atoms with Crippen molar-refractivity contribution in [3.63, 3.8) is 0 Å². The summed E-state index contributed by atoms with van der Waals surface area (Å²) in [6, 6.07) is 1.06. The van der Waals surface area contributed by atoms with Crippen molar-refractivity contribution in [3.05, 3.63) is 33.1 Å². The van der Waals surface area contributed by atoms with Crippen molar-refractivity contribution in [3.8, 4) is 0 Å². The lowest BCUT2D eigenvalue weighted by Gasteiger charge is -2.03. The van der Waals surface area contributed by atoms with E-state index in [1.54, 1.807) is 0 Å². The normalized spacial score (nSPS) is 9.67. The number of rotatable bonds is 2. The molecule has 12 heavy (non-hydrogen) atoms. The zero-order valence-electron chi connectivity index (χ0n) is 5.94. The van der Waals surface area contributed by atoms with Crippen LogP contribution in [-0.4, -0.2) is 15.5 Å². The molecule has 6 heteroatoms. The molecule has 0 aromatic carbocycles. The molecule has 0 aliphatic rings. The Morgan fingerprint density at radius 3 is 2.75 bits per heavy atom. The van der Waals surface area contributed by atoms with Gasteiger partial charge in [0, 0.05) is 12.3 Å². The Kier molecular flexibility index (Phi) is 2.09. The molecule has 0 atom stereocenters. The first-order valence-electron chi connectivity index (χ1n) is 3.09. The third kappa shape index (κ3) is 1.82. The number of hydrogen-bond donors (Lipinski definition) is 1. The van der Waals surface area contributed by atoms with Crippen LogP contribution < -0.4 is 16.4 Å². The van der Waals surface area contributed by atoms with E-state index in [1.165, 1.54) is 0 Å². The van der Waals surface area contributed by atoms with Crippen LogP contribution >= 0.6 is 0 Å². The maximum absolute atomic E-state index is 10.8. The first-order valence-corrected chi connectivity index (χ1v) is 3.09. The largest absolute Gasteiger partial charge is 0.548 e. The molecule has 1 rings (SSSR count). The maximum atomic E-state index is 10.8. The Labute approximate surface area is 66.1 Å². The molecule has 64 valence electrons. The van der Waals surface area contributed by atoms with E-state index in [1.807, 2.05) is 4.98 Å². The van der Waals surface area contributed by atoms with Crippen LogP contribution in [-0.2, 0) is 11.3 Å². The van der Waals surface area contributed by atoms with Gasteiger partial charge in [-0.1, -0.05) is 0 Å². The Morgan fingerprint density at radius 2 is 2.25 bits per heavy atom. The Morgan fingerprint density at radius 1 is 1.58 bits per heavy atom. The molecule has 1 N–H and O–H groups in total. The maximum Gasteiger partial charge on any atom is 0.328 e. The molecule has 0 radical (unpaired) electrons. The van der Waals surface area contributed by atoms with E-state index in [4.69, 9.17) is 0 Å². The number of hydrogen-bond acceptors (Lipinski definition) is 4. The number of aromatic nitrogens is 2. The minimum Gasteiger partial charge on any atom is -0.548 e. The predicted octanol–water partition coefficient (Wildman–Crippen LogP) is -2.71. The van der Waals surface area contributed by atoms with Crippen LogP contribution in [0, 0.1) is 0 Å². The van der Waals surface area contributed by atoms with Crippen molar-refractivity contribution in [1.82, 2.24) is 9.55 Å². The van der Waals surface area contributed by atoms with E-state index in [2.05, 4.69) is 0 Å². The third-order valence-electron chi connectivity index (χ3n) is 1.20. The fraction of sp³-hybridized carbons (Fsp3) is 0.167. The molecule has 0 amide bonds. The summed E-state index contributed by atoms with van der Waals surface area (Å²) in [5.41, 5.74) is -1.32. The van der Waals surface area contributed by atoms with Gasteiger partial charge in [-0.3, -0.25) is 14.3 Å². The van der Waals surface area contributed by atoms with Crippen molar-refractivity contribution in [1.29, 1.82) is 0 Å². The second-order valence-corrected chi connectivity index (χ2v) is 2.11. The highest BCUT2D eigenvalue weighted by Crippen LogP contribution is 1.73. The van der Waals surface area contributed by atoms with Gasteiger partial charge in [-0.2, -0.15) is 0 Å². The van der Waals surface area contributed by atoms with Gasteiger partial charge in [0.25, 0.3) is 5.56 Å². The third-order valence-corrected chi connectivity index (χ3v) is 1.20. The Hall–Kier alpha value is -1.85. The zero-order chi connectivity index (χ0) is 9.14. The quantitative estimate of drug-likeness (QED) is 0.520. The fourth-order valence-corrected chi connectivity index (χ4v) is 0.708. The summed E-state index contributed by atoms with van der Waals surface area (Å²) < 4.78 is 0.830. The second kappa shape index (κ2) is 3.04. The van der Waals surface area contributed by atoms with Gasteiger partial charge in [-0.25, -0.2) is 4.79 Å². The van der Waals surface area contributed by atoms with Gasteiger partial charge in [-0.05, 0) is 0 Å². The van der Waals surface area contributed by atoms with E-state index in [9.17, 15) is 19.5 Å². The molecular formula is C6H5N2O4-. The first kappa shape index (κ1) is 8.25. The fourth-order valence-electron chi connectivity index (χ4n) is 0.708. The minimum atomic E-state index is -1.39. The number of carbonyl (C=O) groups excluding carboxylic acids is 1. The average molecular weight is 169 g/mol. The highest BCUT2D eigenvalue weighted by atomic mass is 16.4. The number of H-pyrrole nitrogens is 1. The smallest absolute Gasteiger partial charge is 0.328 e. The second-order valence-electron chi connectivity index (χ2n) is 2.11. The number of carboxylic acid groups (broad SMARTS) is 1. The van der Waals surface area contributed by atoms with Crippen LogP contribution in [0.3, 0.4) is 0 Å². The Bertz CT molecular complexity index is 402. The molecule has 0 spiro atoms. The van der Waals surface area contributed by atoms with Crippen LogP contribution in [0.2, 0.25) is 0 Å². The molecule has 0 saturated carbocycles. The summed E-state index contributed by atoms with van der Waals surface area (Å²) >= 11 is 0. The van der Waals surface area contributed by atoms with Gasteiger partial charge in [0.1, 0.15) is 0 Å². The highest BCUT2D eigenvalue weighted by Gasteiger charge is 1.94. The molecule has 0 unspecified atom stereocenters. The van der Waals surface area contributed by atoms with Gasteiger partial charge < -0.3 is 9.90 Å². The average Bonchev–Trinajstić information content (AvgIpc) is 1.94. The van der Waals surface area contributed by atoms with E-state index >= 15 is 0 Å². The van der Waals surface area contributed by atoms with Gasteiger partial charge in [0.05, 0.1) is 12.5 Å². The highest BCUT2D eigenvalue weighted by molar-refractivity contribution is 5.63. The number of carboxylic acids is 1. The van der Waals surface area contributed by atoms with E-state index in [0.29, 0.717) is 0 Å². The monoisotopic (exact) mass is 169 g/mol. The summed E-state index contributed by atoms with van der Waals surface area (Å²) in [6.45, 7) is -0.560. The molecule has 1 aromatic heterocycles. The minimum absolute atomic E-state index is 0.560. The molecule has 1 aromatic rings. The van der Waals surface area contributed by atoms with Crippen molar-refractivity contribution >= 4 is 5.97 Å². The molecule has 0 aliphatic carbocycles. The molecular weight excluding hydrogens is 164 g/mol. The van der Waals surface area contributed by atoms with Crippen molar-refractivity contribution in [2.75, 3.05) is 0 Å². The molecule has 6 nitrogen and oxygen atoms in total. The Balaban J connectivity index is 3.10. The lowest BCUT2D eigenvalue weighted by molar-refractivity contribution is -0.306. The van der Waals surface area contributed by atoms with Crippen molar-refractivity contribution < 1.29 is 9.90 Å². The zero-order valence-corrected chi connectivity index (χ0v) is 5.94. The van der Waals surface area contributed by atoms with Crippen LogP contribution in [0.4, 0.5) is 0 Å². The number of nitrogens with one attached hydrogen (secondary N) is 1. The van der Waals surface area contributed by atoms with Gasteiger partial charge in [-0.15, -0.1) is 0 Å². The van der Waals surface area contributed by atoms with Gasteiger partial charge in [0.15, 0.2) is 0 Å². The lowest BCUT2D eigenvalue weighted by Crippen LogP contribution is -2.35. The predicted molar refractivity (Wildman–Crippen MR) is 36.3 cm³/mol. The summed E-state index contributed by atoms with van der Waals surface area (Å²) in [7, 11) is 0. The number of aromatic amines is 1. The lowest BCUT2D eigenvalue weighted by atomic mass is 10.6. The number of aliphatic carboxylic acids is 1. The van der Waals surface area contributed by atoms with Crippen LogP contribution in [0.5, 0.6) is 0 Å². The molecule has 0 fully saturated rings. The van der Waals surface area contributed by atoms with Crippen LogP contribution in [0.25, 0.3) is 0 Å². The van der Waals surface area contributed by atoms with E-state index < -0.39 is 23.8 Å². The summed E-state index contributed by atoms with van der Waals surface area (Å²) in [6.07, 6.45) is 1.09. The first-order chi connectivity index (χ1) is 5.59. The van der Waals surface area contributed by atoms with E-state index in [-0.39, 0.29) is 0 Å². The van der Waals surface area contributed by atoms with E-state index in [0.717, 1.165) is 16.8 Å². The number of carbonyl (C=O) groups is 1. The standard InChI is InChI=1S/C6H6N2O4/c9-4-1-2-8(3-5(10)11)6(12)7-4/h1-2H,3H2,(H,10,11)(H,7,9,12)/p-1. The summed E-state index contributed by atoms with van der Waals surface area (Å²) in [5, 5.41) is 10.0. The molecule has 0 saturated heterocycles.